The van der Waals surface area contributed by atoms with Crippen LogP contribution in [0.3, 0.4) is 0 Å². The first-order chi connectivity index (χ1) is 16.6. The normalized spacial score (nSPS) is 14.3. The summed E-state index contributed by atoms with van der Waals surface area (Å²) in [5.74, 6) is 2.47. The fraction of sp³-hybridized carbons (Fsp3) is 0.360. The van der Waals surface area contributed by atoms with Crippen LogP contribution in [0, 0.1) is 0 Å². The van der Waals surface area contributed by atoms with Gasteiger partial charge in [-0.1, -0.05) is 6.07 Å². The highest BCUT2D eigenvalue weighted by Crippen LogP contribution is 2.50. The van der Waals surface area contributed by atoms with Crippen molar-refractivity contribution in [1.82, 2.24) is 20.2 Å². The number of urea groups is 1. The molecule has 0 fully saturated rings. The van der Waals surface area contributed by atoms with Crippen molar-refractivity contribution in [3.8, 4) is 34.1 Å². The molecular weight excluding hydrogens is 436 g/mol. The zero-order valence-electron chi connectivity index (χ0n) is 19.9. The highest BCUT2D eigenvalue weighted by atomic mass is 16.5. The Morgan fingerprint density at radius 1 is 1.09 bits per heavy atom. The first kappa shape index (κ1) is 23.3. The zero-order valence-corrected chi connectivity index (χ0v) is 19.9. The van der Waals surface area contributed by atoms with E-state index in [0.29, 0.717) is 48.9 Å². The molecule has 1 atom stereocenters. The number of aryl methyl sites for hydroxylation is 1. The Morgan fingerprint density at radius 3 is 2.59 bits per heavy atom. The van der Waals surface area contributed by atoms with Crippen molar-refractivity contribution in [2.45, 2.75) is 25.4 Å². The molecule has 180 valence electrons. The number of benzene rings is 2. The number of hydrogen-bond donors (Lipinski definition) is 2. The molecule has 0 unspecified atom stereocenters. The Bertz CT molecular complexity index is 1150. The predicted molar refractivity (Wildman–Crippen MR) is 128 cm³/mol. The van der Waals surface area contributed by atoms with Crippen LogP contribution in [0.2, 0.25) is 0 Å². The average Bonchev–Trinajstić information content (AvgIpc) is 3.33. The molecule has 9 heteroatoms. The summed E-state index contributed by atoms with van der Waals surface area (Å²) in [5.41, 5.74) is 3.90. The molecule has 0 spiro atoms. The van der Waals surface area contributed by atoms with Gasteiger partial charge in [0.25, 0.3) is 0 Å². The number of carbonyl (C=O) groups excluding carboxylic acids is 1. The zero-order chi connectivity index (χ0) is 24.1. The Hall–Kier alpha value is -3.88. The van der Waals surface area contributed by atoms with Gasteiger partial charge >= 0.3 is 6.03 Å². The van der Waals surface area contributed by atoms with Crippen molar-refractivity contribution in [2.24, 2.45) is 0 Å². The maximum atomic E-state index is 12.8. The number of amides is 2. The van der Waals surface area contributed by atoms with Crippen LogP contribution in [0.4, 0.5) is 4.79 Å². The fourth-order valence-corrected chi connectivity index (χ4v) is 4.42. The van der Waals surface area contributed by atoms with E-state index in [4.69, 9.17) is 18.9 Å². The summed E-state index contributed by atoms with van der Waals surface area (Å²) in [4.78, 5) is 16.8. The molecule has 34 heavy (non-hydrogen) atoms. The molecule has 1 aliphatic rings. The number of fused-ring (bicyclic) bond motifs is 3. The van der Waals surface area contributed by atoms with Crippen LogP contribution in [0.15, 0.2) is 43.0 Å². The van der Waals surface area contributed by atoms with Crippen LogP contribution in [-0.2, 0) is 13.0 Å². The first-order valence-corrected chi connectivity index (χ1v) is 11.1. The Morgan fingerprint density at radius 2 is 1.91 bits per heavy atom. The molecular formula is C25H30N4O5. The molecule has 2 aromatic carbocycles. The molecule has 4 rings (SSSR count). The van der Waals surface area contributed by atoms with Crippen LogP contribution in [0.25, 0.3) is 11.1 Å². The summed E-state index contributed by atoms with van der Waals surface area (Å²) in [6, 6.07) is 7.40. The van der Waals surface area contributed by atoms with Crippen LogP contribution in [0.1, 0.15) is 23.6 Å². The standard InChI is InChI=1S/C25H30N4O5/c1-31-17-6-7-18-19(14-17)20(28-25(30)27-10-12-29-11-9-26-15-29)8-5-16-13-21(32-2)23(33-3)24(34-4)22(16)18/h6-7,9,11,13-15,20H,5,8,10,12H2,1-4H3,(H2,27,28,30)/t20-/m0/s1. The van der Waals surface area contributed by atoms with E-state index in [1.54, 1.807) is 41.0 Å². The second-order valence-corrected chi connectivity index (χ2v) is 7.92. The van der Waals surface area contributed by atoms with E-state index < -0.39 is 0 Å². The third kappa shape index (κ3) is 4.59. The summed E-state index contributed by atoms with van der Waals surface area (Å²) in [7, 11) is 6.45. The van der Waals surface area contributed by atoms with E-state index >= 15 is 0 Å². The number of hydrogen-bond acceptors (Lipinski definition) is 6. The van der Waals surface area contributed by atoms with Gasteiger partial charge in [-0.3, -0.25) is 0 Å². The molecule has 0 saturated heterocycles. The second-order valence-electron chi connectivity index (χ2n) is 7.92. The number of nitrogens with one attached hydrogen (secondary N) is 2. The Labute approximate surface area is 199 Å². The molecule has 1 aliphatic carbocycles. The van der Waals surface area contributed by atoms with Crippen molar-refractivity contribution in [2.75, 3.05) is 35.0 Å². The molecule has 1 aromatic heterocycles. The van der Waals surface area contributed by atoms with Gasteiger partial charge in [-0.05, 0) is 47.7 Å². The van der Waals surface area contributed by atoms with Gasteiger partial charge < -0.3 is 34.1 Å². The molecule has 2 N–H and O–H groups in total. The maximum absolute atomic E-state index is 12.8. The number of ether oxygens (including phenoxy) is 4. The number of rotatable bonds is 8. The summed E-state index contributed by atoms with van der Waals surface area (Å²) >= 11 is 0. The van der Waals surface area contributed by atoms with E-state index in [1.807, 2.05) is 35.0 Å². The average molecular weight is 467 g/mol. The number of carbonyl (C=O) groups is 1. The van der Waals surface area contributed by atoms with Gasteiger partial charge in [-0.15, -0.1) is 0 Å². The predicted octanol–water partition coefficient (Wildman–Crippen LogP) is 3.57. The molecule has 0 aliphatic heterocycles. The van der Waals surface area contributed by atoms with Gasteiger partial charge in [0, 0.05) is 31.0 Å². The second kappa shape index (κ2) is 10.4. The van der Waals surface area contributed by atoms with Crippen molar-refractivity contribution < 1.29 is 23.7 Å². The van der Waals surface area contributed by atoms with Crippen LogP contribution < -0.4 is 29.6 Å². The van der Waals surface area contributed by atoms with Crippen molar-refractivity contribution in [3.63, 3.8) is 0 Å². The van der Waals surface area contributed by atoms with Gasteiger partial charge in [0.15, 0.2) is 11.5 Å². The van der Waals surface area contributed by atoms with Gasteiger partial charge in [0.05, 0.1) is 40.8 Å². The molecule has 3 aromatic rings. The molecule has 0 saturated carbocycles. The third-order valence-corrected chi connectivity index (χ3v) is 6.04. The minimum absolute atomic E-state index is 0.229. The summed E-state index contributed by atoms with van der Waals surface area (Å²) in [6.07, 6.45) is 6.71. The fourth-order valence-electron chi connectivity index (χ4n) is 4.42. The van der Waals surface area contributed by atoms with Crippen molar-refractivity contribution >= 4 is 6.03 Å². The minimum atomic E-state index is -0.230. The van der Waals surface area contributed by atoms with E-state index in [0.717, 1.165) is 22.3 Å². The van der Waals surface area contributed by atoms with E-state index in [-0.39, 0.29) is 12.1 Å². The third-order valence-electron chi connectivity index (χ3n) is 6.04. The largest absolute Gasteiger partial charge is 0.497 e. The monoisotopic (exact) mass is 466 g/mol. The highest BCUT2D eigenvalue weighted by Gasteiger charge is 2.29. The SMILES string of the molecule is COc1ccc2c(c1)[C@@H](NC(=O)NCCn1ccnc1)CCc1cc(OC)c(OC)c(OC)c1-2. The topological polar surface area (TPSA) is 95.9 Å². The lowest BCUT2D eigenvalue weighted by Gasteiger charge is -2.22. The van der Waals surface area contributed by atoms with Gasteiger partial charge in [0.1, 0.15) is 5.75 Å². The molecule has 0 bridgehead atoms. The van der Waals surface area contributed by atoms with Crippen molar-refractivity contribution in [1.29, 1.82) is 0 Å². The lowest BCUT2D eigenvalue weighted by Crippen LogP contribution is -2.39. The number of nitrogens with zero attached hydrogens (tertiary/aromatic N) is 2. The maximum Gasteiger partial charge on any atom is 0.315 e. The lowest BCUT2D eigenvalue weighted by molar-refractivity contribution is 0.236. The summed E-state index contributed by atoms with van der Waals surface area (Å²) in [6.45, 7) is 1.13. The first-order valence-electron chi connectivity index (χ1n) is 11.1. The smallest absolute Gasteiger partial charge is 0.315 e. The van der Waals surface area contributed by atoms with Gasteiger partial charge in [-0.25, -0.2) is 9.78 Å². The van der Waals surface area contributed by atoms with Crippen molar-refractivity contribution in [3.05, 3.63) is 54.1 Å². The lowest BCUT2D eigenvalue weighted by atomic mass is 9.93. The number of methoxy groups -OCH3 is 4. The highest BCUT2D eigenvalue weighted by molar-refractivity contribution is 5.84. The summed E-state index contributed by atoms with van der Waals surface area (Å²) in [5, 5.41) is 6.08. The molecule has 2 amide bonds. The summed E-state index contributed by atoms with van der Waals surface area (Å²) < 4.78 is 24.4. The Kier molecular flexibility index (Phi) is 7.10. The van der Waals surface area contributed by atoms with Gasteiger partial charge in [-0.2, -0.15) is 0 Å². The van der Waals surface area contributed by atoms with E-state index in [1.165, 1.54) is 0 Å². The van der Waals surface area contributed by atoms with E-state index in [9.17, 15) is 4.79 Å². The van der Waals surface area contributed by atoms with Crippen LogP contribution >= 0.6 is 0 Å². The van der Waals surface area contributed by atoms with Crippen LogP contribution in [0.5, 0.6) is 23.0 Å². The number of aromatic nitrogens is 2. The van der Waals surface area contributed by atoms with Crippen LogP contribution in [-0.4, -0.2) is 50.6 Å². The Balaban J connectivity index is 1.67. The minimum Gasteiger partial charge on any atom is -0.497 e. The van der Waals surface area contributed by atoms with Gasteiger partial charge in [0.2, 0.25) is 5.75 Å². The quantitative estimate of drug-likeness (QED) is 0.527. The van der Waals surface area contributed by atoms with E-state index in [2.05, 4.69) is 15.6 Å². The molecule has 9 nitrogen and oxygen atoms in total. The number of imidazole rings is 1. The molecule has 1 heterocycles. The molecule has 0 radical (unpaired) electrons.